The molecule has 1 aliphatic heterocycles. The molecule has 4 atom stereocenters. The molecule has 0 aromatic carbocycles. The second kappa shape index (κ2) is 15.8. The Bertz CT molecular complexity index is 885. The summed E-state index contributed by atoms with van der Waals surface area (Å²) in [6.45, 7) is 35.0. The van der Waals surface area contributed by atoms with Gasteiger partial charge in [0.15, 0.2) is 33.3 Å². The average molecular weight is 776 g/mol. The van der Waals surface area contributed by atoms with Gasteiger partial charge in [-0.3, -0.25) is 0 Å². The van der Waals surface area contributed by atoms with Gasteiger partial charge in [-0.25, -0.2) is 0 Å². The van der Waals surface area contributed by atoms with Gasteiger partial charge >= 0.3 is 34.2 Å². The zero-order valence-electron chi connectivity index (χ0n) is 30.6. The van der Waals surface area contributed by atoms with Crippen LogP contribution in [0.2, 0.25) is 139 Å². The molecule has 0 amide bonds. The molecular formula is C25H66O8Si10. The van der Waals surface area contributed by atoms with Gasteiger partial charge in [-0.15, -0.1) is 0 Å². The van der Waals surface area contributed by atoms with Crippen LogP contribution in [0.5, 0.6) is 0 Å². The Labute approximate surface area is 276 Å². The maximum atomic E-state index is 13.0. The smallest absolute Gasteiger partial charge is 0.315 e. The van der Waals surface area contributed by atoms with Crippen LogP contribution in [-0.4, -0.2) is 84.9 Å². The highest BCUT2D eigenvalue weighted by Crippen LogP contribution is 2.37. The first-order chi connectivity index (χ1) is 19.1. The highest BCUT2D eigenvalue weighted by molar-refractivity contribution is 6.94. The van der Waals surface area contributed by atoms with E-state index in [0.717, 1.165) is 30.6 Å². The highest BCUT2D eigenvalue weighted by atomic mass is 28.5. The molecular weight excluding hydrogens is 709 g/mol. The Hall–Kier alpha value is 1.53. The molecule has 43 heavy (non-hydrogen) atoms. The summed E-state index contributed by atoms with van der Waals surface area (Å²) >= 11 is 0. The van der Waals surface area contributed by atoms with E-state index < -0.39 is 84.9 Å². The van der Waals surface area contributed by atoms with Crippen LogP contribution in [0.4, 0.5) is 0 Å². The van der Waals surface area contributed by atoms with Crippen molar-refractivity contribution in [2.45, 2.75) is 160 Å². The summed E-state index contributed by atoms with van der Waals surface area (Å²) in [6, 6.07) is 4.77. The molecule has 1 aliphatic rings. The summed E-state index contributed by atoms with van der Waals surface area (Å²) in [7, 11) is -22.9. The molecule has 1 rings (SSSR count). The Morgan fingerprint density at radius 3 is 1.12 bits per heavy atom. The Morgan fingerprint density at radius 2 is 0.860 bits per heavy atom. The molecule has 0 aromatic heterocycles. The SMILES string of the molecule is CC[Si](=O)C[Si]1(C)CCC[Si](C)(C[Si](=O)CC)O[Si](C)(C)O[Si](C)(O[Si](C)(C)C)CC[Si](C)(O[Si](C)(C)C)O[Si](C)(C)O1. The lowest BCUT2D eigenvalue weighted by atomic mass is 10.6. The van der Waals surface area contributed by atoms with Crippen molar-refractivity contribution in [1.82, 2.24) is 0 Å². The van der Waals surface area contributed by atoms with Crippen molar-refractivity contribution in [2.75, 3.05) is 0 Å². The number of hydrogen-bond acceptors (Lipinski definition) is 8. The van der Waals surface area contributed by atoms with Crippen molar-refractivity contribution in [1.29, 1.82) is 0 Å². The summed E-state index contributed by atoms with van der Waals surface area (Å²) in [5.41, 5.74) is 1.37. The van der Waals surface area contributed by atoms with Crippen molar-refractivity contribution < 1.29 is 33.6 Å². The zero-order valence-corrected chi connectivity index (χ0v) is 40.6. The Balaban J connectivity index is 3.75. The highest BCUT2D eigenvalue weighted by Gasteiger charge is 2.52. The van der Waals surface area contributed by atoms with Gasteiger partial charge < -0.3 is 33.6 Å². The molecule has 4 unspecified atom stereocenters. The molecule has 0 spiro atoms. The number of hydrogen-bond donors (Lipinski definition) is 0. The topological polar surface area (TPSA) is 89.5 Å². The first-order valence-electron chi connectivity index (χ1n) is 16.3. The van der Waals surface area contributed by atoms with Gasteiger partial charge in [0, 0.05) is 11.3 Å². The fourth-order valence-electron chi connectivity index (χ4n) is 6.54. The van der Waals surface area contributed by atoms with Crippen LogP contribution in [0.25, 0.3) is 0 Å². The third-order valence-electron chi connectivity index (χ3n) is 7.33. The van der Waals surface area contributed by atoms with Crippen molar-refractivity contribution in [3.8, 4) is 0 Å². The van der Waals surface area contributed by atoms with Crippen molar-refractivity contribution in [3.63, 3.8) is 0 Å². The number of rotatable bonds is 10. The third kappa shape index (κ3) is 17.0. The van der Waals surface area contributed by atoms with Crippen LogP contribution in [0.1, 0.15) is 20.3 Å². The van der Waals surface area contributed by atoms with Gasteiger partial charge in [-0.2, -0.15) is 0 Å². The predicted octanol–water partition coefficient (Wildman–Crippen LogP) is 8.82. The quantitative estimate of drug-likeness (QED) is 0.204. The summed E-state index contributed by atoms with van der Waals surface area (Å²) in [5.74, 6) is 0. The van der Waals surface area contributed by atoms with Crippen LogP contribution < -0.4 is 0 Å². The zero-order chi connectivity index (χ0) is 33.8. The van der Waals surface area contributed by atoms with Gasteiger partial charge in [0.2, 0.25) is 0 Å². The fraction of sp³-hybridized carbons (Fsp3) is 1.00. The van der Waals surface area contributed by atoms with Crippen molar-refractivity contribution in [2.24, 2.45) is 0 Å². The minimum Gasteiger partial charge on any atom is -0.437 e. The lowest BCUT2D eigenvalue weighted by molar-refractivity contribution is 0.310. The van der Waals surface area contributed by atoms with Gasteiger partial charge in [0.1, 0.15) is 0 Å². The van der Waals surface area contributed by atoms with E-state index >= 15 is 0 Å². The van der Waals surface area contributed by atoms with Crippen LogP contribution in [0, 0.1) is 0 Å². The Kier molecular flexibility index (Phi) is 15.7. The summed E-state index contributed by atoms with van der Waals surface area (Å²) in [6.07, 6.45) is 0.929. The van der Waals surface area contributed by atoms with Gasteiger partial charge in [0.05, 0.1) is 0 Å². The molecule has 18 heteroatoms. The summed E-state index contributed by atoms with van der Waals surface area (Å²) in [5, 5.41) is 0. The van der Waals surface area contributed by atoms with E-state index in [2.05, 4.69) is 91.7 Å². The van der Waals surface area contributed by atoms with E-state index in [-0.39, 0.29) is 0 Å². The van der Waals surface area contributed by atoms with E-state index in [9.17, 15) is 8.92 Å². The fourth-order valence-corrected chi connectivity index (χ4v) is 57.1. The molecule has 0 N–H and O–H groups in total. The van der Waals surface area contributed by atoms with E-state index in [1.54, 1.807) is 0 Å². The molecule has 0 saturated carbocycles. The average Bonchev–Trinajstić information content (AvgIpc) is 2.72. The van der Waals surface area contributed by atoms with Crippen LogP contribution in [0.3, 0.4) is 0 Å². The third-order valence-corrected chi connectivity index (χ3v) is 47.3. The molecule has 0 radical (unpaired) electrons. The predicted molar refractivity (Wildman–Crippen MR) is 202 cm³/mol. The molecule has 0 bridgehead atoms. The van der Waals surface area contributed by atoms with Crippen LogP contribution in [0.15, 0.2) is 0 Å². The molecule has 8 nitrogen and oxygen atoms in total. The minimum atomic E-state index is -2.71. The van der Waals surface area contributed by atoms with Gasteiger partial charge in [0.25, 0.3) is 17.4 Å². The molecule has 1 fully saturated rings. The van der Waals surface area contributed by atoms with E-state index in [1.807, 2.05) is 13.8 Å². The summed E-state index contributed by atoms with van der Waals surface area (Å²) in [4.78, 5) is 0. The molecule has 254 valence electrons. The molecule has 0 aromatic rings. The van der Waals surface area contributed by atoms with E-state index in [1.165, 1.54) is 0 Å². The largest absolute Gasteiger partial charge is 0.437 e. The first kappa shape index (κ1) is 42.6. The van der Waals surface area contributed by atoms with Crippen LogP contribution >= 0.6 is 0 Å². The van der Waals surface area contributed by atoms with Crippen molar-refractivity contribution >= 4 is 84.9 Å². The summed E-state index contributed by atoms with van der Waals surface area (Å²) < 4.78 is 68.7. The van der Waals surface area contributed by atoms with Gasteiger partial charge in [-0.05, 0) is 128 Å². The van der Waals surface area contributed by atoms with Crippen molar-refractivity contribution in [3.05, 3.63) is 0 Å². The molecule has 1 heterocycles. The minimum absolute atomic E-state index is 0.685. The monoisotopic (exact) mass is 774 g/mol. The normalized spacial score (nSPS) is 33.3. The van der Waals surface area contributed by atoms with E-state index in [4.69, 9.17) is 24.7 Å². The van der Waals surface area contributed by atoms with Crippen LogP contribution in [-0.2, 0) is 33.6 Å². The van der Waals surface area contributed by atoms with Gasteiger partial charge in [-0.1, -0.05) is 20.3 Å². The lowest BCUT2D eigenvalue weighted by Crippen LogP contribution is -2.60. The Morgan fingerprint density at radius 1 is 0.558 bits per heavy atom. The second-order valence-corrected chi connectivity index (χ2v) is 54.0. The maximum absolute atomic E-state index is 13.0. The maximum Gasteiger partial charge on any atom is 0.315 e. The lowest BCUT2D eigenvalue weighted by Gasteiger charge is -2.45. The molecule has 0 aliphatic carbocycles. The molecule has 1 saturated heterocycles. The first-order valence-corrected chi connectivity index (χ1v) is 43.1. The second-order valence-electron chi connectivity index (χ2n) is 16.3. The standard InChI is InChI=1S/C25H66O8Si10/c1-17-34(26)24-40(13)20-19-21-41(14,25-35(27)18-2)31-39(11,12)33-43(16,29-37(6,7)8)23-22-42(15,28-36(3,4)5)32-38(9,10)30-40/h17-25H2,1-16H3. The van der Waals surface area contributed by atoms with E-state index in [0.29, 0.717) is 23.4 Å².